The molecule has 1 atom stereocenters. The highest BCUT2D eigenvalue weighted by atomic mass is 19.1. The maximum Gasteiger partial charge on any atom is 0.149 e. The fourth-order valence-electron chi connectivity index (χ4n) is 3.31. The lowest BCUT2D eigenvalue weighted by atomic mass is 9.75. The van der Waals surface area contributed by atoms with E-state index in [0.717, 1.165) is 41.8 Å². The molecule has 0 amide bonds. The maximum atomic E-state index is 14.9. The molecule has 0 fully saturated rings. The van der Waals surface area contributed by atoms with Crippen molar-refractivity contribution in [2.75, 3.05) is 19.3 Å². The van der Waals surface area contributed by atoms with Crippen molar-refractivity contribution in [1.29, 1.82) is 0 Å². The van der Waals surface area contributed by atoms with Gasteiger partial charge in [-0.2, -0.15) is 0 Å². The Balaban J connectivity index is 2.23. The number of likely N-dealkylation sites (N-methyl/N-ethyl adjacent to an activating group) is 1. The fourth-order valence-corrected chi connectivity index (χ4v) is 3.31. The number of nitrogens with zero attached hydrogens (tertiary/aromatic N) is 1. The molecule has 16 heavy (non-hydrogen) atoms. The summed E-state index contributed by atoms with van der Waals surface area (Å²) in [7, 11) is 1.97. The van der Waals surface area contributed by atoms with Crippen LogP contribution in [-0.4, -0.2) is 18.5 Å². The van der Waals surface area contributed by atoms with Gasteiger partial charge in [-0.05, 0) is 55.1 Å². The normalized spacial score (nSPS) is 28.9. The number of halogens is 1. The monoisotopic (exact) mass is 220 g/mol. The number of benzene rings is 1. The lowest BCUT2D eigenvalue weighted by Crippen LogP contribution is -2.43. The minimum atomic E-state index is -1.14. The van der Waals surface area contributed by atoms with Gasteiger partial charge in [0.05, 0.1) is 0 Å². The van der Waals surface area contributed by atoms with Crippen LogP contribution in [0.1, 0.15) is 29.5 Å². The summed E-state index contributed by atoms with van der Waals surface area (Å²) in [4.78, 5) is 2.05. The summed E-state index contributed by atoms with van der Waals surface area (Å²) < 4.78 is 14.9. The van der Waals surface area contributed by atoms with Crippen LogP contribution in [-0.2, 0) is 18.6 Å². The second-order valence-corrected chi connectivity index (χ2v) is 5.21. The molecule has 1 aliphatic carbocycles. The first-order valence-electron chi connectivity index (χ1n) is 5.88. The molecule has 1 heterocycles. The number of nitrogen functional groups attached to an aromatic ring is 1. The fraction of sp³-hybridized carbons (Fsp3) is 0.538. The standard InChI is InChI=1S/C13H17FN2/c1-16-7-10-6-11(15)5-9-3-2-4-13(14,8-16)12(9)10/h5-6H,2-4,7-8,15H2,1H3/t13-/m1/s1. The predicted octanol–water partition coefficient (Wildman–Crippen LogP) is 2.22. The first kappa shape index (κ1) is 10.1. The quantitative estimate of drug-likeness (QED) is 0.679. The third kappa shape index (κ3) is 1.34. The highest BCUT2D eigenvalue weighted by Gasteiger charge is 2.42. The van der Waals surface area contributed by atoms with Gasteiger partial charge in [0.25, 0.3) is 0 Å². The average molecular weight is 220 g/mol. The molecule has 1 aromatic carbocycles. The van der Waals surface area contributed by atoms with Gasteiger partial charge in [-0.15, -0.1) is 0 Å². The van der Waals surface area contributed by atoms with E-state index in [1.165, 1.54) is 0 Å². The van der Waals surface area contributed by atoms with Gasteiger partial charge in [-0.1, -0.05) is 0 Å². The van der Waals surface area contributed by atoms with Crippen LogP contribution in [0.3, 0.4) is 0 Å². The zero-order valence-corrected chi connectivity index (χ0v) is 9.59. The van der Waals surface area contributed by atoms with Gasteiger partial charge >= 0.3 is 0 Å². The minimum absolute atomic E-state index is 0.525. The Hall–Kier alpha value is -1.09. The third-order valence-electron chi connectivity index (χ3n) is 3.75. The molecule has 0 bridgehead atoms. The predicted molar refractivity (Wildman–Crippen MR) is 62.9 cm³/mol. The summed E-state index contributed by atoms with van der Waals surface area (Å²) in [6.45, 7) is 1.34. The van der Waals surface area contributed by atoms with Gasteiger partial charge in [-0.3, -0.25) is 4.90 Å². The van der Waals surface area contributed by atoms with Crippen molar-refractivity contribution >= 4 is 5.69 Å². The molecule has 0 unspecified atom stereocenters. The molecule has 1 aliphatic heterocycles. The molecule has 2 N–H and O–H groups in total. The number of nitrogens with two attached hydrogens (primary N) is 1. The summed E-state index contributed by atoms with van der Waals surface area (Å²) in [6, 6.07) is 3.89. The third-order valence-corrected chi connectivity index (χ3v) is 3.75. The van der Waals surface area contributed by atoms with Gasteiger partial charge in [0, 0.05) is 18.8 Å². The van der Waals surface area contributed by atoms with E-state index >= 15 is 0 Å². The first-order valence-corrected chi connectivity index (χ1v) is 5.88. The van der Waals surface area contributed by atoms with Gasteiger partial charge in [0.15, 0.2) is 0 Å². The zero-order valence-electron chi connectivity index (χ0n) is 9.59. The minimum Gasteiger partial charge on any atom is -0.399 e. The van der Waals surface area contributed by atoms with Crippen LogP contribution in [0.2, 0.25) is 0 Å². The molecular formula is C13H17FN2. The van der Waals surface area contributed by atoms with E-state index in [2.05, 4.69) is 4.90 Å². The Morgan fingerprint density at radius 2 is 2.12 bits per heavy atom. The van der Waals surface area contributed by atoms with E-state index in [0.29, 0.717) is 13.0 Å². The van der Waals surface area contributed by atoms with Gasteiger partial charge in [0.2, 0.25) is 0 Å². The van der Waals surface area contributed by atoms with Crippen molar-refractivity contribution in [1.82, 2.24) is 4.90 Å². The zero-order chi connectivity index (χ0) is 11.3. The molecule has 3 heteroatoms. The molecule has 0 aromatic heterocycles. The lowest BCUT2D eigenvalue weighted by molar-refractivity contribution is 0.0642. The van der Waals surface area contributed by atoms with Crippen molar-refractivity contribution in [3.05, 3.63) is 28.8 Å². The van der Waals surface area contributed by atoms with Crippen LogP contribution in [0.25, 0.3) is 0 Å². The van der Waals surface area contributed by atoms with Crippen molar-refractivity contribution in [2.45, 2.75) is 31.5 Å². The number of hydrogen-bond donors (Lipinski definition) is 1. The Labute approximate surface area is 95.2 Å². The number of anilines is 1. The van der Waals surface area contributed by atoms with Crippen LogP contribution in [0, 0.1) is 0 Å². The highest BCUT2D eigenvalue weighted by Crippen LogP contribution is 2.44. The number of rotatable bonds is 0. The van der Waals surface area contributed by atoms with Gasteiger partial charge < -0.3 is 5.73 Å². The highest BCUT2D eigenvalue weighted by molar-refractivity contribution is 5.53. The summed E-state index contributed by atoms with van der Waals surface area (Å²) in [5, 5.41) is 0. The van der Waals surface area contributed by atoms with E-state index in [-0.39, 0.29) is 0 Å². The molecule has 0 saturated heterocycles. The van der Waals surface area contributed by atoms with E-state index in [4.69, 9.17) is 5.73 Å². The van der Waals surface area contributed by atoms with Crippen molar-refractivity contribution in [3.63, 3.8) is 0 Å². The van der Waals surface area contributed by atoms with Crippen molar-refractivity contribution < 1.29 is 4.39 Å². The van der Waals surface area contributed by atoms with E-state index < -0.39 is 5.67 Å². The Morgan fingerprint density at radius 1 is 1.38 bits per heavy atom. The van der Waals surface area contributed by atoms with E-state index in [9.17, 15) is 4.39 Å². The molecule has 0 spiro atoms. The number of alkyl halides is 1. The van der Waals surface area contributed by atoms with Gasteiger partial charge in [0.1, 0.15) is 5.67 Å². The molecule has 86 valence electrons. The average Bonchev–Trinajstić information content (AvgIpc) is 2.14. The Morgan fingerprint density at radius 3 is 2.94 bits per heavy atom. The molecule has 0 radical (unpaired) electrons. The SMILES string of the molecule is CN1Cc2cc(N)cc3c2[C@@](F)(CCC3)C1. The second-order valence-electron chi connectivity index (χ2n) is 5.21. The smallest absolute Gasteiger partial charge is 0.149 e. The Kier molecular flexibility index (Phi) is 2.02. The molecule has 3 rings (SSSR count). The van der Waals surface area contributed by atoms with Crippen LogP contribution in [0.4, 0.5) is 10.1 Å². The summed E-state index contributed by atoms with van der Waals surface area (Å²) in [6.07, 6.45) is 2.56. The topological polar surface area (TPSA) is 29.3 Å². The maximum absolute atomic E-state index is 14.9. The molecule has 2 nitrogen and oxygen atoms in total. The molecule has 1 aromatic rings. The Bertz CT molecular complexity index is 444. The summed E-state index contributed by atoms with van der Waals surface area (Å²) >= 11 is 0. The first-order chi connectivity index (χ1) is 7.58. The van der Waals surface area contributed by atoms with Crippen LogP contribution in [0.15, 0.2) is 12.1 Å². The van der Waals surface area contributed by atoms with Crippen LogP contribution in [0.5, 0.6) is 0 Å². The summed E-state index contributed by atoms with van der Waals surface area (Å²) in [5.41, 5.74) is 8.69. The van der Waals surface area contributed by atoms with Crippen molar-refractivity contribution in [3.8, 4) is 0 Å². The lowest BCUT2D eigenvalue weighted by Gasteiger charge is -2.41. The second kappa shape index (κ2) is 3.20. The molecule has 2 aliphatic rings. The van der Waals surface area contributed by atoms with Crippen LogP contribution >= 0.6 is 0 Å². The number of hydrogen-bond acceptors (Lipinski definition) is 2. The van der Waals surface area contributed by atoms with Gasteiger partial charge in [-0.25, -0.2) is 4.39 Å². The number of aryl methyl sites for hydroxylation is 1. The largest absolute Gasteiger partial charge is 0.399 e. The van der Waals surface area contributed by atoms with Crippen LogP contribution < -0.4 is 5.73 Å². The van der Waals surface area contributed by atoms with E-state index in [1.54, 1.807) is 0 Å². The molecular weight excluding hydrogens is 203 g/mol. The van der Waals surface area contributed by atoms with E-state index in [1.807, 2.05) is 19.2 Å². The molecule has 0 saturated carbocycles. The summed E-state index contributed by atoms with van der Waals surface area (Å²) in [5.74, 6) is 0. The van der Waals surface area contributed by atoms with Crippen molar-refractivity contribution in [2.24, 2.45) is 0 Å².